The lowest BCUT2D eigenvalue weighted by Crippen LogP contribution is -2.23. The van der Waals surface area contributed by atoms with Crippen LogP contribution in [0.25, 0.3) is 10.9 Å². The highest BCUT2D eigenvalue weighted by atomic mass is 16.1. The van der Waals surface area contributed by atoms with Crippen molar-refractivity contribution < 1.29 is 0 Å². The summed E-state index contributed by atoms with van der Waals surface area (Å²) in [6.07, 6.45) is 4.35. The Morgan fingerprint density at radius 3 is 2.68 bits per heavy atom. The smallest absolute Gasteiger partial charge is 0.254 e. The molecule has 1 aliphatic carbocycles. The van der Waals surface area contributed by atoms with Gasteiger partial charge in [0.05, 0.1) is 17.6 Å². The molecule has 0 radical (unpaired) electrons. The van der Waals surface area contributed by atoms with Gasteiger partial charge in [-0.15, -0.1) is 0 Å². The lowest BCUT2D eigenvalue weighted by atomic mass is 9.97. The molecule has 0 unspecified atom stereocenters. The second-order valence-corrected chi connectivity index (χ2v) is 7.02. The summed E-state index contributed by atoms with van der Waals surface area (Å²) in [4.78, 5) is 29.3. The first-order valence-electron chi connectivity index (χ1n) is 8.86. The highest BCUT2D eigenvalue weighted by Gasteiger charge is 2.16. The highest BCUT2D eigenvalue weighted by molar-refractivity contribution is 5.84. The third-order valence-electron chi connectivity index (χ3n) is 4.94. The molecule has 25 heavy (non-hydrogen) atoms. The van der Waals surface area contributed by atoms with Gasteiger partial charge < -0.3 is 4.98 Å². The number of aromatic nitrogens is 4. The second-order valence-electron chi connectivity index (χ2n) is 7.02. The average Bonchev–Trinajstić information content (AvgIpc) is 2.56. The van der Waals surface area contributed by atoms with E-state index in [1.807, 2.05) is 6.92 Å². The van der Waals surface area contributed by atoms with Gasteiger partial charge in [-0.2, -0.15) is 0 Å². The first kappa shape index (κ1) is 15.9. The normalized spacial score (nSPS) is 13.9. The number of hydrogen-bond acceptors (Lipinski definition) is 4. The van der Waals surface area contributed by atoms with Gasteiger partial charge in [0.2, 0.25) is 0 Å². The van der Waals surface area contributed by atoms with Gasteiger partial charge in [0, 0.05) is 16.6 Å². The van der Waals surface area contributed by atoms with Gasteiger partial charge >= 0.3 is 0 Å². The lowest BCUT2D eigenvalue weighted by Gasteiger charge is -2.14. The summed E-state index contributed by atoms with van der Waals surface area (Å²) in [5.74, 6) is 1.37. The molecule has 3 aromatic rings. The zero-order valence-corrected chi connectivity index (χ0v) is 14.9. The van der Waals surface area contributed by atoms with Gasteiger partial charge in [-0.05, 0) is 58.1 Å². The molecule has 1 aliphatic rings. The van der Waals surface area contributed by atoms with E-state index in [9.17, 15) is 4.79 Å². The number of benzene rings is 1. The van der Waals surface area contributed by atoms with Gasteiger partial charge in [-0.25, -0.2) is 15.0 Å². The Kier molecular flexibility index (Phi) is 3.86. The van der Waals surface area contributed by atoms with Crippen molar-refractivity contribution in [1.29, 1.82) is 0 Å². The van der Waals surface area contributed by atoms with Crippen LogP contribution in [0.2, 0.25) is 0 Å². The van der Waals surface area contributed by atoms with Gasteiger partial charge in [-0.1, -0.05) is 11.6 Å². The molecule has 1 N–H and O–H groups in total. The fourth-order valence-corrected chi connectivity index (χ4v) is 3.76. The number of aromatic amines is 1. The molecule has 0 bridgehead atoms. The Morgan fingerprint density at radius 2 is 1.84 bits per heavy atom. The van der Waals surface area contributed by atoms with E-state index in [4.69, 9.17) is 4.98 Å². The number of nitrogens with zero attached hydrogens (tertiary/aromatic N) is 3. The predicted octanol–water partition coefficient (Wildman–Crippen LogP) is 3.11. The maximum Gasteiger partial charge on any atom is 0.254 e. The Bertz CT molecular complexity index is 1040. The van der Waals surface area contributed by atoms with Crippen LogP contribution >= 0.6 is 0 Å². The van der Waals surface area contributed by atoms with Crippen molar-refractivity contribution in [2.24, 2.45) is 0 Å². The monoisotopic (exact) mass is 334 g/mol. The van der Waals surface area contributed by atoms with E-state index in [2.05, 4.69) is 40.9 Å². The standard InChI is InChI=1S/C20H22N4O/c1-11-8-12(2)19-15(9-11)13(3)21-17(23-19)10-18-22-16-7-5-4-6-14(16)20(25)24-18/h8-9H,4-7,10H2,1-3H3,(H,22,24,25). The van der Waals surface area contributed by atoms with Crippen LogP contribution in [0.1, 0.15) is 52.6 Å². The Balaban J connectivity index is 1.76. The Morgan fingerprint density at radius 1 is 1.04 bits per heavy atom. The average molecular weight is 334 g/mol. The summed E-state index contributed by atoms with van der Waals surface area (Å²) in [5, 5.41) is 1.09. The number of aryl methyl sites for hydroxylation is 4. The maximum absolute atomic E-state index is 12.3. The zero-order valence-electron chi connectivity index (χ0n) is 14.9. The SMILES string of the molecule is Cc1cc(C)c2nc(Cc3nc4c(c(=O)[nH]3)CCCC4)nc(C)c2c1. The fraction of sp³-hybridized carbons (Fsp3) is 0.400. The fourth-order valence-electron chi connectivity index (χ4n) is 3.76. The summed E-state index contributed by atoms with van der Waals surface area (Å²) in [5.41, 5.74) is 6.12. The molecule has 5 nitrogen and oxygen atoms in total. The molecule has 0 saturated heterocycles. The third kappa shape index (κ3) is 2.95. The molecule has 2 aromatic heterocycles. The van der Waals surface area contributed by atoms with Gasteiger partial charge in [0.25, 0.3) is 5.56 Å². The van der Waals surface area contributed by atoms with Crippen LogP contribution in [-0.4, -0.2) is 19.9 Å². The number of nitrogens with one attached hydrogen (secondary N) is 1. The van der Waals surface area contributed by atoms with Crippen molar-refractivity contribution >= 4 is 10.9 Å². The molecule has 2 heterocycles. The zero-order chi connectivity index (χ0) is 17.6. The van der Waals surface area contributed by atoms with Crippen LogP contribution in [0.5, 0.6) is 0 Å². The van der Waals surface area contributed by atoms with E-state index >= 15 is 0 Å². The molecule has 0 aliphatic heterocycles. The van der Waals surface area contributed by atoms with Crippen LogP contribution in [0.4, 0.5) is 0 Å². The van der Waals surface area contributed by atoms with Gasteiger partial charge in [0.15, 0.2) is 0 Å². The molecule has 1 aromatic carbocycles. The minimum absolute atomic E-state index is 0.00372. The van der Waals surface area contributed by atoms with Crippen LogP contribution in [-0.2, 0) is 19.3 Å². The summed E-state index contributed by atoms with van der Waals surface area (Å²) in [7, 11) is 0. The van der Waals surface area contributed by atoms with Gasteiger partial charge in [0.1, 0.15) is 11.6 Å². The first-order valence-corrected chi connectivity index (χ1v) is 8.86. The van der Waals surface area contributed by atoms with Crippen LogP contribution < -0.4 is 5.56 Å². The molecule has 0 fully saturated rings. The lowest BCUT2D eigenvalue weighted by molar-refractivity contribution is 0.647. The van der Waals surface area contributed by atoms with Crippen molar-refractivity contribution in [3.05, 3.63) is 62.2 Å². The number of rotatable bonds is 2. The minimum atomic E-state index is 0.00372. The number of hydrogen-bond donors (Lipinski definition) is 1. The quantitative estimate of drug-likeness (QED) is 0.781. The largest absolute Gasteiger partial charge is 0.310 e. The van der Waals surface area contributed by atoms with E-state index in [1.54, 1.807) is 0 Å². The van der Waals surface area contributed by atoms with Crippen molar-refractivity contribution in [3.8, 4) is 0 Å². The molecule has 0 amide bonds. The molecule has 0 spiro atoms. The molecule has 4 rings (SSSR count). The Hall–Kier alpha value is -2.56. The molecule has 0 saturated carbocycles. The number of H-pyrrole nitrogens is 1. The summed E-state index contributed by atoms with van der Waals surface area (Å²) in [6.45, 7) is 6.17. The Labute approximate surface area is 146 Å². The van der Waals surface area contributed by atoms with Gasteiger partial charge in [-0.3, -0.25) is 4.79 Å². The maximum atomic E-state index is 12.3. The summed E-state index contributed by atoms with van der Waals surface area (Å²) >= 11 is 0. The predicted molar refractivity (Wildman–Crippen MR) is 98.1 cm³/mol. The molecule has 0 atom stereocenters. The molecular weight excluding hydrogens is 312 g/mol. The molecule has 128 valence electrons. The van der Waals surface area contributed by atoms with E-state index in [1.165, 1.54) is 5.56 Å². The number of fused-ring (bicyclic) bond motifs is 2. The second kappa shape index (κ2) is 6.06. The van der Waals surface area contributed by atoms with Crippen molar-refractivity contribution in [2.75, 3.05) is 0 Å². The summed E-state index contributed by atoms with van der Waals surface area (Å²) < 4.78 is 0. The van der Waals surface area contributed by atoms with E-state index < -0.39 is 0 Å². The topological polar surface area (TPSA) is 71.5 Å². The summed E-state index contributed by atoms with van der Waals surface area (Å²) in [6, 6.07) is 4.26. The highest BCUT2D eigenvalue weighted by Crippen LogP contribution is 2.22. The van der Waals surface area contributed by atoms with E-state index in [-0.39, 0.29) is 5.56 Å². The first-order chi connectivity index (χ1) is 12.0. The van der Waals surface area contributed by atoms with Crippen molar-refractivity contribution in [3.63, 3.8) is 0 Å². The van der Waals surface area contributed by atoms with E-state index in [0.29, 0.717) is 18.1 Å². The third-order valence-corrected chi connectivity index (χ3v) is 4.94. The van der Waals surface area contributed by atoms with Crippen molar-refractivity contribution in [1.82, 2.24) is 19.9 Å². The van der Waals surface area contributed by atoms with Crippen LogP contribution in [0.3, 0.4) is 0 Å². The van der Waals surface area contributed by atoms with E-state index in [0.717, 1.165) is 59.1 Å². The van der Waals surface area contributed by atoms with Crippen molar-refractivity contribution in [2.45, 2.75) is 52.9 Å². The molecule has 5 heteroatoms. The van der Waals surface area contributed by atoms with Crippen LogP contribution in [0, 0.1) is 20.8 Å². The molecular formula is C20H22N4O. The minimum Gasteiger partial charge on any atom is -0.310 e. The van der Waals surface area contributed by atoms with Crippen LogP contribution in [0.15, 0.2) is 16.9 Å².